The van der Waals surface area contributed by atoms with Gasteiger partial charge in [0.2, 0.25) is 0 Å². The van der Waals surface area contributed by atoms with Gasteiger partial charge in [0.15, 0.2) is 5.75 Å². The van der Waals surface area contributed by atoms with Crippen molar-refractivity contribution in [1.29, 1.82) is 0 Å². The number of rotatable bonds is 3. The van der Waals surface area contributed by atoms with Crippen molar-refractivity contribution in [1.82, 2.24) is 4.72 Å². The fourth-order valence-electron chi connectivity index (χ4n) is 3.06. The lowest BCUT2D eigenvalue weighted by Gasteiger charge is -2.19. The Hall–Kier alpha value is -3.39. The Morgan fingerprint density at radius 1 is 1.04 bits per heavy atom. The van der Waals surface area contributed by atoms with E-state index < -0.39 is 22.1 Å². The summed E-state index contributed by atoms with van der Waals surface area (Å²) >= 11 is 0. The van der Waals surface area contributed by atoms with Gasteiger partial charge in [0.25, 0.3) is 5.91 Å². The summed E-state index contributed by atoms with van der Waals surface area (Å²) in [6.45, 7) is 1.54. The predicted molar refractivity (Wildman–Crippen MR) is 104 cm³/mol. The molecule has 0 atom stereocenters. The number of nitrogens with zero attached hydrogens (tertiary/aromatic N) is 1. The van der Waals surface area contributed by atoms with Crippen LogP contribution in [0, 0.1) is 6.92 Å². The zero-order chi connectivity index (χ0) is 19.9. The number of hydrogen-bond donors (Lipinski definition) is 1. The molecule has 1 fully saturated rings. The second-order valence-electron chi connectivity index (χ2n) is 6.46. The lowest BCUT2D eigenvalue weighted by Crippen LogP contribution is -2.30. The first-order chi connectivity index (χ1) is 13.3. The first-order valence-electron chi connectivity index (χ1n) is 8.48. The fraction of sp³-hybridized carbons (Fsp3) is 0.100. The average Bonchev–Trinajstić information content (AvgIpc) is 2.94. The average molecular weight is 396 g/mol. The van der Waals surface area contributed by atoms with E-state index in [0.29, 0.717) is 5.56 Å². The monoisotopic (exact) mass is 396 g/mol. The number of fused-ring (bicyclic) bond motifs is 1. The van der Waals surface area contributed by atoms with Crippen LogP contribution >= 0.6 is 0 Å². The maximum atomic E-state index is 12.5. The van der Waals surface area contributed by atoms with Gasteiger partial charge in [-0.1, -0.05) is 42.0 Å². The van der Waals surface area contributed by atoms with Crippen LogP contribution in [0.25, 0.3) is 10.8 Å². The van der Waals surface area contributed by atoms with E-state index in [2.05, 4.69) is 0 Å². The SMILES string of the molecule is Cc1ccc2cc(OC(=O)c3ccccc3)c(N3CC(=O)NS3(=O)=O)cc2c1. The molecule has 1 heterocycles. The summed E-state index contributed by atoms with van der Waals surface area (Å²) < 4.78 is 33.0. The maximum Gasteiger partial charge on any atom is 0.343 e. The molecule has 0 spiro atoms. The highest BCUT2D eigenvalue weighted by atomic mass is 32.2. The molecule has 0 aromatic heterocycles. The van der Waals surface area contributed by atoms with Gasteiger partial charge < -0.3 is 4.74 Å². The van der Waals surface area contributed by atoms with Gasteiger partial charge in [-0.3, -0.25) is 4.79 Å². The molecule has 0 unspecified atom stereocenters. The molecule has 8 heteroatoms. The molecule has 0 radical (unpaired) electrons. The quantitative estimate of drug-likeness (QED) is 0.543. The Morgan fingerprint density at radius 3 is 2.46 bits per heavy atom. The summed E-state index contributed by atoms with van der Waals surface area (Å²) in [6, 6.07) is 17.2. The number of aryl methyl sites for hydroxylation is 1. The molecule has 3 aromatic carbocycles. The van der Waals surface area contributed by atoms with Gasteiger partial charge in [-0.15, -0.1) is 0 Å². The zero-order valence-corrected chi connectivity index (χ0v) is 15.7. The zero-order valence-electron chi connectivity index (χ0n) is 14.9. The summed E-state index contributed by atoms with van der Waals surface area (Å²) in [4.78, 5) is 24.2. The predicted octanol–water partition coefficient (Wildman–Crippen LogP) is 2.55. The van der Waals surface area contributed by atoms with Crippen LogP contribution < -0.4 is 13.8 Å². The van der Waals surface area contributed by atoms with Crippen molar-refractivity contribution in [2.24, 2.45) is 0 Å². The van der Waals surface area contributed by atoms with E-state index in [1.54, 1.807) is 42.5 Å². The van der Waals surface area contributed by atoms with Crippen LogP contribution in [0.5, 0.6) is 5.75 Å². The molecule has 1 aliphatic rings. The fourth-order valence-corrected chi connectivity index (χ4v) is 4.21. The minimum atomic E-state index is -4.05. The highest BCUT2D eigenvalue weighted by Gasteiger charge is 2.36. The molecule has 0 saturated carbocycles. The molecule has 1 amide bonds. The molecule has 4 rings (SSSR count). The topological polar surface area (TPSA) is 92.8 Å². The largest absolute Gasteiger partial charge is 0.421 e. The van der Waals surface area contributed by atoms with Gasteiger partial charge >= 0.3 is 16.2 Å². The van der Waals surface area contributed by atoms with Gasteiger partial charge in [-0.2, -0.15) is 8.42 Å². The number of carbonyl (C=O) groups is 2. The highest BCUT2D eigenvalue weighted by Crippen LogP contribution is 2.36. The van der Waals surface area contributed by atoms with E-state index in [4.69, 9.17) is 4.74 Å². The molecule has 142 valence electrons. The van der Waals surface area contributed by atoms with Crippen molar-refractivity contribution in [3.63, 3.8) is 0 Å². The standard InChI is InChI=1S/C20H16N2O5S/c1-13-7-8-15-11-18(27-20(24)14-5-3-2-4-6-14)17(10-16(15)9-13)22-12-19(23)21-28(22,25)26/h2-11H,12H2,1H3,(H,21,23). The van der Waals surface area contributed by atoms with E-state index in [9.17, 15) is 18.0 Å². The van der Waals surface area contributed by atoms with Crippen molar-refractivity contribution < 1.29 is 22.7 Å². The number of nitrogens with one attached hydrogen (secondary N) is 1. The van der Waals surface area contributed by atoms with Crippen molar-refractivity contribution in [2.45, 2.75) is 6.92 Å². The summed E-state index contributed by atoms with van der Waals surface area (Å²) in [6.07, 6.45) is 0. The van der Waals surface area contributed by atoms with Crippen molar-refractivity contribution in [2.75, 3.05) is 10.8 Å². The molecule has 0 aliphatic carbocycles. The number of amides is 1. The second kappa shape index (κ2) is 6.65. The van der Waals surface area contributed by atoms with Crippen molar-refractivity contribution in [3.05, 3.63) is 71.8 Å². The second-order valence-corrected chi connectivity index (χ2v) is 8.06. The van der Waals surface area contributed by atoms with E-state index in [-0.39, 0.29) is 18.0 Å². The first-order valence-corrected chi connectivity index (χ1v) is 9.92. The summed E-state index contributed by atoms with van der Waals surface area (Å²) in [7, 11) is -4.05. The molecule has 0 bridgehead atoms. The van der Waals surface area contributed by atoms with Gasteiger partial charge in [0.1, 0.15) is 6.54 Å². The van der Waals surface area contributed by atoms with Crippen LogP contribution in [0.15, 0.2) is 60.7 Å². The lowest BCUT2D eigenvalue weighted by molar-refractivity contribution is -0.117. The van der Waals surface area contributed by atoms with E-state index in [1.165, 1.54) is 0 Å². The molecule has 7 nitrogen and oxygen atoms in total. The molecular weight excluding hydrogens is 380 g/mol. The van der Waals surface area contributed by atoms with Gasteiger partial charge in [0.05, 0.1) is 11.3 Å². The normalized spacial score (nSPS) is 15.5. The van der Waals surface area contributed by atoms with Crippen LogP contribution in [0.4, 0.5) is 5.69 Å². The summed E-state index contributed by atoms with van der Waals surface area (Å²) in [5.41, 5.74) is 1.45. The number of anilines is 1. The third-order valence-corrected chi connectivity index (χ3v) is 5.77. The number of ether oxygens (including phenoxy) is 1. The Balaban J connectivity index is 1.85. The van der Waals surface area contributed by atoms with Crippen molar-refractivity contribution in [3.8, 4) is 5.75 Å². The highest BCUT2D eigenvalue weighted by molar-refractivity contribution is 7.92. The van der Waals surface area contributed by atoms with Crippen LogP contribution in [0.1, 0.15) is 15.9 Å². The Labute approximate surface area is 161 Å². The number of esters is 1. The van der Waals surface area contributed by atoms with Crippen molar-refractivity contribution >= 4 is 38.5 Å². The number of hydrogen-bond acceptors (Lipinski definition) is 5. The molecule has 3 aromatic rings. The maximum absolute atomic E-state index is 12.5. The number of carbonyl (C=O) groups excluding carboxylic acids is 2. The molecule has 1 N–H and O–H groups in total. The third kappa shape index (κ3) is 3.29. The number of benzene rings is 3. The van der Waals surface area contributed by atoms with Gasteiger partial charge in [-0.25, -0.2) is 13.8 Å². The van der Waals surface area contributed by atoms with Crippen LogP contribution in [0.2, 0.25) is 0 Å². The minimum absolute atomic E-state index is 0.0604. The molecular formula is C20H16N2O5S. The third-order valence-electron chi connectivity index (χ3n) is 4.37. The van der Waals surface area contributed by atoms with E-state index >= 15 is 0 Å². The lowest BCUT2D eigenvalue weighted by atomic mass is 10.1. The first kappa shape index (κ1) is 18.0. The minimum Gasteiger partial charge on any atom is -0.421 e. The Morgan fingerprint density at radius 2 is 1.79 bits per heavy atom. The smallest absolute Gasteiger partial charge is 0.343 e. The Kier molecular flexibility index (Phi) is 4.27. The van der Waals surface area contributed by atoms with Gasteiger partial charge in [0, 0.05) is 0 Å². The molecule has 1 saturated heterocycles. The van der Waals surface area contributed by atoms with Gasteiger partial charge in [-0.05, 0) is 42.0 Å². The van der Waals surface area contributed by atoms with Crippen LogP contribution in [-0.2, 0) is 15.0 Å². The molecule has 1 aliphatic heterocycles. The summed E-state index contributed by atoms with van der Waals surface area (Å²) in [5.74, 6) is -1.21. The van der Waals surface area contributed by atoms with Crippen LogP contribution in [-0.4, -0.2) is 26.8 Å². The Bertz CT molecular complexity index is 1210. The molecule has 28 heavy (non-hydrogen) atoms. The van der Waals surface area contributed by atoms with E-state index in [0.717, 1.165) is 20.6 Å². The summed E-state index contributed by atoms with van der Waals surface area (Å²) in [5, 5.41) is 1.55. The van der Waals surface area contributed by atoms with Crippen LogP contribution in [0.3, 0.4) is 0 Å². The van der Waals surface area contributed by atoms with E-state index in [1.807, 2.05) is 29.8 Å².